The Morgan fingerprint density at radius 1 is 1.25 bits per heavy atom. The van der Waals surface area contributed by atoms with E-state index >= 15 is 0 Å². The maximum absolute atomic E-state index is 11.0. The maximum atomic E-state index is 11.0. The Balaban J connectivity index is 2.24. The van der Waals surface area contributed by atoms with E-state index in [4.69, 9.17) is 19.4 Å². The van der Waals surface area contributed by atoms with Gasteiger partial charge in [-0.15, -0.1) is 0 Å². The smallest absolute Gasteiger partial charge is 0.336 e. The molecule has 1 aliphatic heterocycles. The zero-order valence-electron chi connectivity index (χ0n) is 8.34. The number of carbonyl (C=O) groups is 1. The number of aliphatic hydroxyl groups is 2. The zero-order valence-corrected chi connectivity index (χ0v) is 8.34. The predicted molar refractivity (Wildman–Crippen MR) is 53.9 cm³/mol. The van der Waals surface area contributed by atoms with Crippen LogP contribution in [0.1, 0.15) is 11.5 Å². The fourth-order valence-electron chi connectivity index (χ4n) is 1.35. The zero-order chi connectivity index (χ0) is 11.5. The molecule has 0 saturated carbocycles. The summed E-state index contributed by atoms with van der Waals surface area (Å²) in [4.78, 5) is 11.0. The minimum atomic E-state index is -0.510. The van der Waals surface area contributed by atoms with Crippen molar-refractivity contribution in [2.24, 2.45) is 0 Å². The quantitative estimate of drug-likeness (QED) is 0.731. The van der Waals surface area contributed by atoms with Crippen LogP contribution in [0.15, 0.2) is 34.0 Å². The van der Waals surface area contributed by atoms with Crippen LogP contribution < -0.4 is 0 Å². The summed E-state index contributed by atoms with van der Waals surface area (Å²) in [7, 11) is 0. The minimum absolute atomic E-state index is 0.189. The molecule has 0 bridgehead atoms. The van der Waals surface area contributed by atoms with Gasteiger partial charge in [0.2, 0.25) is 0 Å². The fourth-order valence-corrected chi connectivity index (χ4v) is 1.35. The van der Waals surface area contributed by atoms with E-state index in [1.54, 1.807) is 12.1 Å². The van der Waals surface area contributed by atoms with E-state index in [1.807, 2.05) is 0 Å². The molecule has 0 radical (unpaired) electrons. The molecule has 16 heavy (non-hydrogen) atoms. The van der Waals surface area contributed by atoms with Crippen LogP contribution in [-0.4, -0.2) is 22.8 Å². The highest BCUT2D eigenvalue weighted by atomic mass is 16.5. The fraction of sp³-hybridized carbons (Fsp3) is 0.182. The number of hydrogen-bond acceptors (Lipinski definition) is 5. The Bertz CT molecular complexity index is 466. The molecule has 0 atom stereocenters. The Hall–Kier alpha value is -1.85. The molecule has 1 aromatic rings. The maximum Gasteiger partial charge on any atom is 0.336 e. The molecule has 2 heterocycles. The van der Waals surface area contributed by atoms with Gasteiger partial charge in [0.05, 0.1) is 6.61 Å². The van der Waals surface area contributed by atoms with Gasteiger partial charge in [0.25, 0.3) is 0 Å². The molecule has 2 rings (SSSR count). The van der Waals surface area contributed by atoms with Crippen molar-refractivity contribution in [2.75, 3.05) is 6.61 Å². The number of carbonyl (C=O) groups excluding carboxylic acids is 1. The molecule has 0 amide bonds. The molecule has 0 saturated heterocycles. The van der Waals surface area contributed by atoms with Gasteiger partial charge in [0.15, 0.2) is 0 Å². The van der Waals surface area contributed by atoms with Gasteiger partial charge >= 0.3 is 5.97 Å². The number of ether oxygens (including phenoxy) is 1. The second-order valence-corrected chi connectivity index (χ2v) is 3.22. The number of rotatable bonds is 3. The SMILES string of the molecule is O=C1C=C(CO)/C(=C/c2ccc(CO)o2)O1. The van der Waals surface area contributed by atoms with Gasteiger partial charge in [-0.05, 0) is 12.1 Å². The summed E-state index contributed by atoms with van der Waals surface area (Å²) in [6, 6.07) is 3.26. The largest absolute Gasteiger partial charge is 0.459 e. The van der Waals surface area contributed by atoms with Crippen LogP contribution in [0.25, 0.3) is 6.08 Å². The molecule has 5 heteroatoms. The van der Waals surface area contributed by atoms with E-state index in [1.165, 1.54) is 12.2 Å². The number of cyclic esters (lactones) is 1. The summed E-state index contributed by atoms with van der Waals surface area (Å²) >= 11 is 0. The molecule has 84 valence electrons. The van der Waals surface area contributed by atoms with E-state index in [-0.39, 0.29) is 19.0 Å². The first kappa shape index (κ1) is 10.7. The summed E-state index contributed by atoms with van der Waals surface area (Å²) in [5, 5.41) is 17.8. The van der Waals surface area contributed by atoms with Crippen molar-refractivity contribution >= 4 is 12.0 Å². The molecule has 5 nitrogen and oxygen atoms in total. The highest BCUT2D eigenvalue weighted by Crippen LogP contribution is 2.22. The normalized spacial score (nSPS) is 17.8. The van der Waals surface area contributed by atoms with Gasteiger partial charge in [-0.2, -0.15) is 0 Å². The minimum Gasteiger partial charge on any atom is -0.459 e. The molecule has 0 unspecified atom stereocenters. The average molecular weight is 222 g/mol. The lowest BCUT2D eigenvalue weighted by atomic mass is 10.2. The van der Waals surface area contributed by atoms with Gasteiger partial charge in [0, 0.05) is 17.7 Å². The van der Waals surface area contributed by atoms with Gasteiger partial charge in [-0.25, -0.2) is 4.79 Å². The Kier molecular flexibility index (Phi) is 2.89. The lowest BCUT2D eigenvalue weighted by molar-refractivity contribution is -0.132. The van der Waals surface area contributed by atoms with Gasteiger partial charge in [-0.3, -0.25) is 0 Å². The van der Waals surface area contributed by atoms with Gasteiger partial charge in [-0.1, -0.05) is 0 Å². The van der Waals surface area contributed by atoms with Crippen molar-refractivity contribution in [2.45, 2.75) is 6.61 Å². The second kappa shape index (κ2) is 4.34. The van der Waals surface area contributed by atoms with Crippen LogP contribution in [0, 0.1) is 0 Å². The second-order valence-electron chi connectivity index (χ2n) is 3.22. The highest BCUT2D eigenvalue weighted by Gasteiger charge is 2.19. The van der Waals surface area contributed by atoms with Crippen LogP contribution in [0.4, 0.5) is 0 Å². The van der Waals surface area contributed by atoms with Crippen LogP contribution in [0.2, 0.25) is 0 Å². The lowest BCUT2D eigenvalue weighted by Crippen LogP contribution is -1.93. The topological polar surface area (TPSA) is 79.9 Å². The molecule has 2 N–H and O–H groups in total. The number of furan rings is 1. The predicted octanol–water partition coefficient (Wildman–Crippen LogP) is 0.588. The van der Waals surface area contributed by atoms with E-state index in [0.717, 1.165) is 0 Å². The first-order valence-corrected chi connectivity index (χ1v) is 4.68. The third-order valence-electron chi connectivity index (χ3n) is 2.10. The van der Waals surface area contributed by atoms with Crippen LogP contribution in [0.3, 0.4) is 0 Å². The molecule has 1 aliphatic rings. The van der Waals surface area contributed by atoms with Crippen molar-refractivity contribution < 1.29 is 24.2 Å². The number of aliphatic hydroxyl groups excluding tert-OH is 2. The van der Waals surface area contributed by atoms with Crippen molar-refractivity contribution in [1.82, 2.24) is 0 Å². The van der Waals surface area contributed by atoms with E-state index in [9.17, 15) is 4.79 Å². The standard InChI is InChI=1S/C11H10O5/c12-5-7-3-11(14)16-10(7)4-8-1-2-9(6-13)15-8/h1-4,12-13H,5-6H2/b10-4-. The molecule has 0 aliphatic carbocycles. The van der Waals surface area contributed by atoms with Crippen molar-refractivity contribution in [3.05, 3.63) is 41.1 Å². The summed E-state index contributed by atoms with van der Waals surface area (Å²) in [5.74, 6) is 0.634. The van der Waals surface area contributed by atoms with Crippen molar-refractivity contribution in [3.8, 4) is 0 Å². The monoisotopic (exact) mass is 222 g/mol. The van der Waals surface area contributed by atoms with Crippen LogP contribution in [0.5, 0.6) is 0 Å². The Labute approximate surface area is 91.3 Å². The summed E-state index contributed by atoms with van der Waals surface area (Å²) in [6.07, 6.45) is 2.72. The Morgan fingerprint density at radius 3 is 2.69 bits per heavy atom. The summed E-state index contributed by atoms with van der Waals surface area (Å²) in [5.41, 5.74) is 0.409. The summed E-state index contributed by atoms with van der Waals surface area (Å²) in [6.45, 7) is -0.462. The van der Waals surface area contributed by atoms with Gasteiger partial charge in [0.1, 0.15) is 23.9 Å². The molecule has 1 aromatic heterocycles. The number of hydrogen-bond donors (Lipinski definition) is 2. The summed E-state index contributed by atoms with van der Waals surface area (Å²) < 4.78 is 10.1. The third-order valence-corrected chi connectivity index (χ3v) is 2.10. The molecular formula is C11H10O5. The first-order chi connectivity index (χ1) is 7.72. The highest BCUT2D eigenvalue weighted by molar-refractivity contribution is 5.89. The van der Waals surface area contributed by atoms with Crippen LogP contribution in [-0.2, 0) is 16.1 Å². The molecule has 0 aromatic carbocycles. The lowest BCUT2D eigenvalue weighted by Gasteiger charge is -1.99. The van der Waals surface area contributed by atoms with Gasteiger partial charge < -0.3 is 19.4 Å². The van der Waals surface area contributed by atoms with Crippen molar-refractivity contribution in [3.63, 3.8) is 0 Å². The average Bonchev–Trinajstić information content (AvgIpc) is 2.85. The molecular weight excluding hydrogens is 212 g/mol. The first-order valence-electron chi connectivity index (χ1n) is 4.68. The molecule has 0 fully saturated rings. The van der Waals surface area contributed by atoms with Crippen molar-refractivity contribution in [1.29, 1.82) is 0 Å². The van der Waals surface area contributed by atoms with E-state index in [2.05, 4.69) is 0 Å². The third kappa shape index (κ3) is 2.05. The van der Waals surface area contributed by atoms with E-state index < -0.39 is 5.97 Å². The molecule has 0 spiro atoms. The van der Waals surface area contributed by atoms with Crippen LogP contribution >= 0.6 is 0 Å². The van der Waals surface area contributed by atoms with E-state index in [0.29, 0.717) is 17.1 Å². The Morgan fingerprint density at radius 2 is 2.06 bits per heavy atom. The number of esters is 1.